The van der Waals surface area contributed by atoms with Crippen molar-refractivity contribution in [2.45, 2.75) is 38.3 Å². The fraction of sp³-hybridized carbons (Fsp3) is 0.545. The lowest BCUT2D eigenvalue weighted by molar-refractivity contribution is 0.686. The monoisotopic (exact) mass is 191 g/mol. The van der Waals surface area contributed by atoms with E-state index in [2.05, 4.69) is 16.4 Å². The number of nitrogens with one attached hydrogen (secondary N) is 1. The first-order valence-electron chi connectivity index (χ1n) is 5.19. The maximum atomic E-state index is 5.84. The summed E-state index contributed by atoms with van der Waals surface area (Å²) >= 11 is 0. The Morgan fingerprint density at radius 2 is 2.29 bits per heavy atom. The third-order valence-electron chi connectivity index (χ3n) is 2.74. The van der Waals surface area contributed by atoms with E-state index in [4.69, 9.17) is 5.73 Å². The van der Waals surface area contributed by atoms with E-state index in [0.717, 1.165) is 25.1 Å². The highest BCUT2D eigenvalue weighted by Gasteiger charge is 2.21. The molecule has 1 aromatic heterocycles. The molecule has 0 aliphatic heterocycles. The zero-order valence-corrected chi connectivity index (χ0v) is 8.53. The van der Waals surface area contributed by atoms with Gasteiger partial charge in [0.25, 0.3) is 0 Å². The first kappa shape index (κ1) is 9.46. The zero-order valence-electron chi connectivity index (χ0n) is 8.53. The quantitative estimate of drug-likeness (QED) is 0.747. The van der Waals surface area contributed by atoms with Crippen LogP contribution in [0.5, 0.6) is 0 Å². The summed E-state index contributed by atoms with van der Waals surface area (Å²) in [4.78, 5) is 4.31. The first-order chi connectivity index (χ1) is 6.74. The SMILES string of the molecule is Cc1ccc(NC2CCC(N)C2)nc1. The van der Waals surface area contributed by atoms with Gasteiger partial charge < -0.3 is 11.1 Å². The topological polar surface area (TPSA) is 50.9 Å². The summed E-state index contributed by atoms with van der Waals surface area (Å²) < 4.78 is 0. The maximum Gasteiger partial charge on any atom is 0.126 e. The number of nitrogens with zero attached hydrogens (tertiary/aromatic N) is 1. The normalized spacial score (nSPS) is 26.4. The molecule has 1 aliphatic rings. The van der Waals surface area contributed by atoms with Gasteiger partial charge in [-0.3, -0.25) is 0 Å². The molecule has 14 heavy (non-hydrogen) atoms. The molecule has 0 aromatic carbocycles. The molecule has 1 saturated carbocycles. The molecule has 0 spiro atoms. The van der Waals surface area contributed by atoms with Gasteiger partial charge in [0, 0.05) is 18.3 Å². The van der Waals surface area contributed by atoms with Gasteiger partial charge in [-0.25, -0.2) is 4.98 Å². The van der Waals surface area contributed by atoms with Gasteiger partial charge in [0.2, 0.25) is 0 Å². The van der Waals surface area contributed by atoms with Gasteiger partial charge in [-0.1, -0.05) is 6.07 Å². The van der Waals surface area contributed by atoms with Gasteiger partial charge in [-0.15, -0.1) is 0 Å². The van der Waals surface area contributed by atoms with Crippen molar-refractivity contribution in [2.75, 3.05) is 5.32 Å². The van der Waals surface area contributed by atoms with Crippen LogP contribution in [0.4, 0.5) is 5.82 Å². The van der Waals surface area contributed by atoms with Gasteiger partial charge >= 0.3 is 0 Å². The number of rotatable bonds is 2. The van der Waals surface area contributed by atoms with E-state index < -0.39 is 0 Å². The van der Waals surface area contributed by atoms with Crippen LogP contribution >= 0.6 is 0 Å². The van der Waals surface area contributed by atoms with E-state index in [-0.39, 0.29) is 0 Å². The van der Waals surface area contributed by atoms with E-state index in [1.54, 1.807) is 0 Å². The van der Waals surface area contributed by atoms with Crippen LogP contribution in [0, 0.1) is 6.92 Å². The number of aryl methyl sites for hydroxylation is 1. The van der Waals surface area contributed by atoms with Crippen molar-refractivity contribution >= 4 is 5.82 Å². The number of hydrogen-bond acceptors (Lipinski definition) is 3. The summed E-state index contributed by atoms with van der Waals surface area (Å²) in [5.41, 5.74) is 7.04. The minimum absolute atomic E-state index is 0.373. The minimum Gasteiger partial charge on any atom is -0.367 e. The average molecular weight is 191 g/mol. The number of pyridine rings is 1. The minimum atomic E-state index is 0.373. The molecular weight excluding hydrogens is 174 g/mol. The maximum absolute atomic E-state index is 5.84. The Hall–Kier alpha value is -1.09. The molecule has 0 bridgehead atoms. The van der Waals surface area contributed by atoms with Crippen molar-refractivity contribution in [3.8, 4) is 0 Å². The van der Waals surface area contributed by atoms with E-state index in [1.165, 1.54) is 5.56 Å². The molecule has 0 saturated heterocycles. The summed E-state index contributed by atoms with van der Waals surface area (Å²) in [7, 11) is 0. The van der Waals surface area contributed by atoms with E-state index in [1.807, 2.05) is 19.2 Å². The highest BCUT2D eigenvalue weighted by Crippen LogP contribution is 2.20. The van der Waals surface area contributed by atoms with Gasteiger partial charge in [-0.05, 0) is 37.8 Å². The highest BCUT2D eigenvalue weighted by molar-refractivity contribution is 5.36. The largest absolute Gasteiger partial charge is 0.367 e. The zero-order chi connectivity index (χ0) is 9.97. The molecule has 1 aliphatic carbocycles. The summed E-state index contributed by atoms with van der Waals surface area (Å²) in [6.45, 7) is 2.04. The van der Waals surface area contributed by atoms with Crippen LogP contribution in [0.15, 0.2) is 18.3 Å². The first-order valence-corrected chi connectivity index (χ1v) is 5.19. The molecule has 3 N–H and O–H groups in total. The van der Waals surface area contributed by atoms with Crippen LogP contribution < -0.4 is 11.1 Å². The predicted octanol–water partition coefficient (Wildman–Crippen LogP) is 1.68. The van der Waals surface area contributed by atoms with Crippen molar-refractivity contribution in [1.82, 2.24) is 4.98 Å². The van der Waals surface area contributed by atoms with Gasteiger partial charge in [0.05, 0.1) is 0 Å². The number of nitrogens with two attached hydrogens (primary N) is 1. The van der Waals surface area contributed by atoms with Crippen molar-refractivity contribution < 1.29 is 0 Å². The third-order valence-corrected chi connectivity index (χ3v) is 2.74. The van der Waals surface area contributed by atoms with Crippen LogP contribution in [0.1, 0.15) is 24.8 Å². The molecular formula is C11H17N3. The Morgan fingerprint density at radius 1 is 1.43 bits per heavy atom. The summed E-state index contributed by atoms with van der Waals surface area (Å²) in [5, 5.41) is 3.41. The highest BCUT2D eigenvalue weighted by atomic mass is 15.0. The molecule has 1 heterocycles. The summed E-state index contributed by atoms with van der Waals surface area (Å²) in [6.07, 6.45) is 5.24. The molecule has 2 atom stereocenters. The Morgan fingerprint density at radius 3 is 2.86 bits per heavy atom. The molecule has 0 radical (unpaired) electrons. The lowest BCUT2D eigenvalue weighted by Crippen LogP contribution is -2.21. The molecule has 2 rings (SSSR count). The van der Waals surface area contributed by atoms with Crippen molar-refractivity contribution in [3.63, 3.8) is 0 Å². The Kier molecular flexibility index (Phi) is 2.68. The second kappa shape index (κ2) is 3.96. The van der Waals surface area contributed by atoms with E-state index >= 15 is 0 Å². The lowest BCUT2D eigenvalue weighted by atomic mass is 10.2. The van der Waals surface area contributed by atoms with Crippen molar-refractivity contribution in [2.24, 2.45) is 5.73 Å². The van der Waals surface area contributed by atoms with E-state index in [9.17, 15) is 0 Å². The van der Waals surface area contributed by atoms with Crippen LogP contribution in [0.25, 0.3) is 0 Å². The average Bonchev–Trinajstić information content (AvgIpc) is 2.56. The van der Waals surface area contributed by atoms with Crippen LogP contribution in [0.3, 0.4) is 0 Å². The molecule has 0 amide bonds. The Bertz CT molecular complexity index is 294. The van der Waals surface area contributed by atoms with Crippen molar-refractivity contribution in [3.05, 3.63) is 23.9 Å². The Balaban J connectivity index is 1.94. The smallest absolute Gasteiger partial charge is 0.126 e. The number of hydrogen-bond donors (Lipinski definition) is 2. The molecule has 3 nitrogen and oxygen atoms in total. The van der Waals surface area contributed by atoms with E-state index in [0.29, 0.717) is 12.1 Å². The van der Waals surface area contributed by atoms with Crippen molar-refractivity contribution in [1.29, 1.82) is 0 Å². The third kappa shape index (κ3) is 2.23. The summed E-state index contributed by atoms with van der Waals surface area (Å²) in [6, 6.07) is 4.99. The van der Waals surface area contributed by atoms with Gasteiger partial charge in [0.1, 0.15) is 5.82 Å². The van der Waals surface area contributed by atoms with Crippen LogP contribution in [-0.2, 0) is 0 Å². The molecule has 3 heteroatoms. The fourth-order valence-electron chi connectivity index (χ4n) is 1.91. The van der Waals surface area contributed by atoms with Gasteiger partial charge in [0.15, 0.2) is 0 Å². The fourth-order valence-corrected chi connectivity index (χ4v) is 1.91. The lowest BCUT2D eigenvalue weighted by Gasteiger charge is -2.12. The molecule has 1 fully saturated rings. The number of aromatic nitrogens is 1. The molecule has 2 unspecified atom stereocenters. The summed E-state index contributed by atoms with van der Waals surface area (Å²) in [5.74, 6) is 0.967. The molecule has 1 aromatic rings. The van der Waals surface area contributed by atoms with Crippen LogP contribution in [0.2, 0.25) is 0 Å². The second-order valence-corrected chi connectivity index (χ2v) is 4.14. The Labute approximate surface area is 84.7 Å². The number of anilines is 1. The standard InChI is InChI=1S/C11H17N3/c1-8-2-5-11(13-7-8)14-10-4-3-9(12)6-10/h2,5,7,9-10H,3-4,6,12H2,1H3,(H,13,14). The van der Waals surface area contributed by atoms with Gasteiger partial charge in [-0.2, -0.15) is 0 Å². The second-order valence-electron chi connectivity index (χ2n) is 4.14. The predicted molar refractivity (Wildman–Crippen MR) is 58.2 cm³/mol. The molecule has 76 valence electrons. The van der Waals surface area contributed by atoms with Crippen LogP contribution in [-0.4, -0.2) is 17.1 Å².